The molecule has 1 aromatic carbocycles. The molecule has 1 N–H and O–H groups in total. The molecule has 1 aromatic heterocycles. The number of aryl methyl sites for hydroxylation is 1. The quantitative estimate of drug-likeness (QED) is 0.865. The lowest BCUT2D eigenvalue weighted by Crippen LogP contribution is -2.44. The number of rotatable bonds is 4. The van der Waals surface area contributed by atoms with Crippen LogP contribution in [0.1, 0.15) is 29.4 Å². The van der Waals surface area contributed by atoms with Crippen LogP contribution in [0, 0.1) is 6.92 Å². The van der Waals surface area contributed by atoms with Gasteiger partial charge in [0.2, 0.25) is 11.8 Å². The molecule has 0 aliphatic carbocycles. The van der Waals surface area contributed by atoms with Crippen molar-refractivity contribution in [2.24, 2.45) is 0 Å². The number of imide groups is 1. The lowest BCUT2D eigenvalue weighted by molar-refractivity contribution is -0.126. The van der Waals surface area contributed by atoms with Gasteiger partial charge in [0.25, 0.3) is 5.91 Å². The first-order chi connectivity index (χ1) is 12.0. The molecule has 0 saturated carbocycles. The van der Waals surface area contributed by atoms with Gasteiger partial charge < -0.3 is 4.90 Å². The molecule has 0 radical (unpaired) electrons. The van der Waals surface area contributed by atoms with Crippen molar-refractivity contribution in [1.29, 1.82) is 0 Å². The summed E-state index contributed by atoms with van der Waals surface area (Å²) in [5, 5.41) is 2.25. The summed E-state index contributed by atoms with van der Waals surface area (Å²) >= 11 is 0. The summed E-state index contributed by atoms with van der Waals surface area (Å²) in [6.07, 6.45) is 0.00693. The molecular weight excluding hydrogens is 318 g/mol. The predicted molar refractivity (Wildman–Crippen MR) is 92.7 cm³/mol. The zero-order chi connectivity index (χ0) is 18.0. The lowest BCUT2D eigenvalue weighted by atomic mass is 10.1. The molecule has 3 rings (SSSR count). The number of nitrogens with zero attached hydrogens (tertiary/aromatic N) is 2. The minimum absolute atomic E-state index is 0.00693. The molecule has 0 spiro atoms. The third-order valence-corrected chi connectivity index (χ3v) is 4.31. The Morgan fingerprint density at radius 3 is 2.48 bits per heavy atom. The van der Waals surface area contributed by atoms with Crippen molar-refractivity contribution < 1.29 is 14.4 Å². The van der Waals surface area contributed by atoms with Crippen LogP contribution in [-0.2, 0) is 9.59 Å². The second-order valence-electron chi connectivity index (χ2n) is 5.92. The largest absolute Gasteiger partial charge is 0.326 e. The molecule has 2 aromatic rings. The third kappa shape index (κ3) is 3.28. The smallest absolute Gasteiger partial charge is 0.256 e. The van der Waals surface area contributed by atoms with Crippen molar-refractivity contribution in [2.75, 3.05) is 6.54 Å². The molecule has 128 valence electrons. The molecule has 0 bridgehead atoms. The van der Waals surface area contributed by atoms with E-state index in [4.69, 9.17) is 0 Å². The summed E-state index contributed by atoms with van der Waals surface area (Å²) < 4.78 is 0. The summed E-state index contributed by atoms with van der Waals surface area (Å²) in [6, 6.07) is 12.5. The summed E-state index contributed by atoms with van der Waals surface area (Å²) in [6.45, 7) is 3.90. The van der Waals surface area contributed by atoms with Crippen molar-refractivity contribution in [3.8, 4) is 11.3 Å². The maximum Gasteiger partial charge on any atom is 0.256 e. The Morgan fingerprint density at radius 2 is 1.92 bits per heavy atom. The van der Waals surface area contributed by atoms with E-state index in [1.807, 2.05) is 30.3 Å². The van der Waals surface area contributed by atoms with Crippen LogP contribution in [0.5, 0.6) is 0 Å². The summed E-state index contributed by atoms with van der Waals surface area (Å²) in [4.78, 5) is 42.2. The van der Waals surface area contributed by atoms with E-state index in [2.05, 4.69) is 10.3 Å². The van der Waals surface area contributed by atoms with Crippen molar-refractivity contribution >= 4 is 17.7 Å². The van der Waals surface area contributed by atoms with Crippen molar-refractivity contribution in [3.63, 3.8) is 0 Å². The van der Waals surface area contributed by atoms with Gasteiger partial charge in [-0.3, -0.25) is 24.7 Å². The number of hydrogen-bond acceptors (Lipinski definition) is 4. The van der Waals surface area contributed by atoms with Crippen LogP contribution in [0.3, 0.4) is 0 Å². The topological polar surface area (TPSA) is 79.4 Å². The zero-order valence-corrected chi connectivity index (χ0v) is 14.2. The van der Waals surface area contributed by atoms with E-state index in [0.29, 0.717) is 17.8 Å². The molecule has 1 atom stereocenters. The lowest BCUT2D eigenvalue weighted by Gasteiger charge is -2.25. The van der Waals surface area contributed by atoms with Gasteiger partial charge in [0.05, 0.1) is 23.4 Å². The minimum Gasteiger partial charge on any atom is -0.326 e. The Hall–Kier alpha value is -3.02. The van der Waals surface area contributed by atoms with Gasteiger partial charge in [-0.2, -0.15) is 0 Å². The molecule has 1 aliphatic rings. The van der Waals surface area contributed by atoms with Gasteiger partial charge in [-0.1, -0.05) is 30.3 Å². The Morgan fingerprint density at radius 1 is 1.20 bits per heavy atom. The number of amides is 3. The fraction of sp³-hybridized carbons (Fsp3) is 0.263. The third-order valence-electron chi connectivity index (χ3n) is 4.31. The van der Waals surface area contributed by atoms with Gasteiger partial charge in [0.1, 0.15) is 6.04 Å². The highest BCUT2D eigenvalue weighted by molar-refractivity contribution is 6.08. The standard InChI is InChI=1S/C19H19N3O3/c1-3-22(16-11-17(23)21-18(16)24)19(25)14-9-10-15(20-12(14)2)13-7-5-4-6-8-13/h4-10,16H,3,11H2,1-2H3,(H,21,23,24). The van der Waals surface area contributed by atoms with Gasteiger partial charge in [0, 0.05) is 12.1 Å². The first kappa shape index (κ1) is 16.8. The maximum atomic E-state index is 12.9. The fourth-order valence-electron chi connectivity index (χ4n) is 3.01. The first-order valence-electron chi connectivity index (χ1n) is 8.19. The average molecular weight is 337 g/mol. The van der Waals surface area contributed by atoms with Gasteiger partial charge in [-0.15, -0.1) is 0 Å². The molecule has 1 unspecified atom stereocenters. The molecule has 1 aliphatic heterocycles. The Balaban J connectivity index is 1.89. The van der Waals surface area contributed by atoms with E-state index in [1.165, 1.54) is 4.90 Å². The normalized spacial score (nSPS) is 16.6. The molecular formula is C19H19N3O3. The van der Waals surface area contributed by atoms with E-state index in [1.54, 1.807) is 26.0 Å². The van der Waals surface area contributed by atoms with Crippen molar-refractivity contribution in [3.05, 3.63) is 53.7 Å². The number of carbonyl (C=O) groups is 3. The van der Waals surface area contributed by atoms with Crippen LogP contribution in [-0.4, -0.2) is 40.2 Å². The van der Waals surface area contributed by atoms with Crippen LogP contribution < -0.4 is 5.32 Å². The highest BCUT2D eigenvalue weighted by Crippen LogP contribution is 2.21. The van der Waals surface area contributed by atoms with Crippen LogP contribution in [0.15, 0.2) is 42.5 Å². The van der Waals surface area contributed by atoms with Gasteiger partial charge in [-0.25, -0.2) is 0 Å². The monoisotopic (exact) mass is 337 g/mol. The van der Waals surface area contributed by atoms with Gasteiger partial charge in [-0.05, 0) is 26.0 Å². The molecule has 1 saturated heterocycles. The van der Waals surface area contributed by atoms with E-state index >= 15 is 0 Å². The number of likely N-dealkylation sites (N-methyl/N-ethyl adjacent to an activating group) is 1. The molecule has 25 heavy (non-hydrogen) atoms. The SMILES string of the molecule is CCN(C(=O)c1ccc(-c2ccccc2)nc1C)C1CC(=O)NC1=O. The van der Waals surface area contributed by atoms with Gasteiger partial charge in [0.15, 0.2) is 0 Å². The molecule has 1 fully saturated rings. The average Bonchev–Trinajstić information content (AvgIpc) is 2.94. The molecule has 6 heteroatoms. The second kappa shape index (κ2) is 6.84. The van der Waals surface area contributed by atoms with E-state index < -0.39 is 11.9 Å². The number of hydrogen-bond donors (Lipinski definition) is 1. The van der Waals surface area contributed by atoms with Gasteiger partial charge >= 0.3 is 0 Å². The van der Waals surface area contributed by atoms with Crippen molar-refractivity contribution in [2.45, 2.75) is 26.3 Å². The minimum atomic E-state index is -0.752. The zero-order valence-electron chi connectivity index (χ0n) is 14.2. The molecule has 3 amide bonds. The number of benzene rings is 1. The van der Waals surface area contributed by atoms with E-state index in [9.17, 15) is 14.4 Å². The van der Waals surface area contributed by atoms with E-state index in [-0.39, 0.29) is 18.2 Å². The highest BCUT2D eigenvalue weighted by Gasteiger charge is 2.37. The van der Waals surface area contributed by atoms with Crippen molar-refractivity contribution in [1.82, 2.24) is 15.2 Å². The fourth-order valence-corrected chi connectivity index (χ4v) is 3.01. The van der Waals surface area contributed by atoms with Crippen LogP contribution in [0.2, 0.25) is 0 Å². The summed E-state index contributed by atoms with van der Waals surface area (Å²) in [7, 11) is 0. The highest BCUT2D eigenvalue weighted by atomic mass is 16.2. The number of aromatic nitrogens is 1. The van der Waals surface area contributed by atoms with E-state index in [0.717, 1.165) is 11.3 Å². The Kier molecular flexibility index (Phi) is 4.61. The number of pyridine rings is 1. The number of carbonyl (C=O) groups excluding carboxylic acids is 3. The maximum absolute atomic E-state index is 12.9. The number of nitrogens with one attached hydrogen (secondary N) is 1. The molecule has 6 nitrogen and oxygen atoms in total. The predicted octanol–water partition coefficient (Wildman–Crippen LogP) is 1.93. The summed E-state index contributed by atoms with van der Waals surface area (Å²) in [5.41, 5.74) is 2.78. The summed E-state index contributed by atoms with van der Waals surface area (Å²) in [5.74, 6) is -1.07. The van der Waals surface area contributed by atoms with Crippen LogP contribution >= 0.6 is 0 Å². The Labute approximate surface area is 145 Å². The first-order valence-corrected chi connectivity index (χ1v) is 8.19. The molecule has 2 heterocycles. The van der Waals surface area contributed by atoms with Crippen LogP contribution in [0.4, 0.5) is 0 Å². The Bertz CT molecular complexity index is 833. The second-order valence-corrected chi connectivity index (χ2v) is 5.92. The van der Waals surface area contributed by atoms with Crippen LogP contribution in [0.25, 0.3) is 11.3 Å².